The quantitative estimate of drug-likeness (QED) is 0.692. The summed E-state index contributed by atoms with van der Waals surface area (Å²) in [5, 5.41) is 3.13. The summed E-state index contributed by atoms with van der Waals surface area (Å²) in [5.74, 6) is 1.23. The molecule has 0 unspecified atom stereocenters. The Balaban J connectivity index is 1.38. The lowest BCUT2D eigenvalue weighted by Crippen LogP contribution is -2.25. The standard InChI is InChI=1S/C21H24N6/c1-2-6-17(7-3-1)8-4-14-27-15-5-9-19(27)18-10-11-24-21(25-18)26-20-16-22-12-13-23-20/h1-3,6-7,10-13,16,19H,4-5,8-9,14-15H2,(H,23,24,25,26)/t19-/m0/s1. The average Bonchev–Trinajstić information content (AvgIpc) is 3.18. The lowest BCUT2D eigenvalue weighted by atomic mass is 10.1. The van der Waals surface area contributed by atoms with Crippen molar-refractivity contribution in [3.8, 4) is 0 Å². The van der Waals surface area contributed by atoms with Crippen molar-refractivity contribution in [2.45, 2.75) is 31.7 Å². The van der Waals surface area contributed by atoms with Gasteiger partial charge in [0.25, 0.3) is 0 Å². The van der Waals surface area contributed by atoms with Crippen LogP contribution in [0.5, 0.6) is 0 Å². The van der Waals surface area contributed by atoms with Crippen molar-refractivity contribution in [3.05, 3.63) is 72.4 Å². The molecule has 4 rings (SSSR count). The highest BCUT2D eigenvalue weighted by Crippen LogP contribution is 2.31. The molecular weight excluding hydrogens is 336 g/mol. The first-order valence-electron chi connectivity index (χ1n) is 9.52. The molecule has 0 amide bonds. The van der Waals surface area contributed by atoms with E-state index in [0.717, 1.165) is 38.0 Å². The molecule has 0 saturated carbocycles. The van der Waals surface area contributed by atoms with Crippen LogP contribution < -0.4 is 5.32 Å². The van der Waals surface area contributed by atoms with E-state index in [2.05, 4.69) is 55.5 Å². The summed E-state index contributed by atoms with van der Waals surface area (Å²) >= 11 is 0. The van der Waals surface area contributed by atoms with Gasteiger partial charge in [-0.3, -0.25) is 9.88 Å². The molecule has 6 heteroatoms. The lowest BCUT2D eigenvalue weighted by molar-refractivity contribution is 0.250. The number of rotatable bonds is 7. The summed E-state index contributed by atoms with van der Waals surface area (Å²) in [6, 6.07) is 13.1. The molecule has 1 aromatic carbocycles. The maximum atomic E-state index is 4.73. The van der Waals surface area contributed by atoms with Crippen LogP contribution in [0.4, 0.5) is 11.8 Å². The van der Waals surface area contributed by atoms with Gasteiger partial charge in [-0.05, 0) is 50.4 Å². The fourth-order valence-electron chi connectivity index (χ4n) is 3.66. The van der Waals surface area contributed by atoms with Crippen LogP contribution in [0.15, 0.2) is 61.2 Å². The van der Waals surface area contributed by atoms with E-state index in [1.165, 1.54) is 12.0 Å². The third kappa shape index (κ3) is 4.65. The monoisotopic (exact) mass is 360 g/mol. The van der Waals surface area contributed by atoms with E-state index in [-0.39, 0.29) is 0 Å². The van der Waals surface area contributed by atoms with Crippen LogP contribution in [0.25, 0.3) is 0 Å². The van der Waals surface area contributed by atoms with Crippen LogP contribution in [0.1, 0.15) is 36.6 Å². The van der Waals surface area contributed by atoms with Gasteiger partial charge in [0.15, 0.2) is 5.82 Å². The van der Waals surface area contributed by atoms with Crippen molar-refractivity contribution in [2.24, 2.45) is 0 Å². The minimum atomic E-state index is 0.367. The van der Waals surface area contributed by atoms with Gasteiger partial charge in [-0.2, -0.15) is 0 Å². The number of aromatic nitrogens is 4. The Labute approximate surface area is 159 Å². The first-order valence-corrected chi connectivity index (χ1v) is 9.52. The summed E-state index contributed by atoms with van der Waals surface area (Å²) in [4.78, 5) is 19.9. The fraction of sp³-hybridized carbons (Fsp3) is 0.333. The minimum Gasteiger partial charge on any atom is -0.307 e. The van der Waals surface area contributed by atoms with Crippen molar-refractivity contribution in [2.75, 3.05) is 18.4 Å². The largest absolute Gasteiger partial charge is 0.307 e. The molecule has 0 bridgehead atoms. The van der Waals surface area contributed by atoms with E-state index in [1.807, 2.05) is 12.3 Å². The molecule has 0 spiro atoms. The molecule has 0 radical (unpaired) electrons. The second-order valence-corrected chi connectivity index (χ2v) is 6.80. The molecular formula is C21H24N6. The van der Waals surface area contributed by atoms with Gasteiger partial charge in [-0.25, -0.2) is 15.0 Å². The molecule has 1 aliphatic heterocycles. The third-order valence-corrected chi connectivity index (χ3v) is 4.94. The van der Waals surface area contributed by atoms with Crippen LogP contribution in [-0.4, -0.2) is 37.9 Å². The zero-order valence-corrected chi connectivity index (χ0v) is 15.3. The second kappa shape index (κ2) is 8.68. The number of nitrogens with one attached hydrogen (secondary N) is 1. The van der Waals surface area contributed by atoms with Gasteiger partial charge < -0.3 is 5.32 Å². The van der Waals surface area contributed by atoms with Gasteiger partial charge in [0.1, 0.15) is 0 Å². The molecule has 3 heterocycles. The molecule has 2 aromatic heterocycles. The molecule has 27 heavy (non-hydrogen) atoms. The van der Waals surface area contributed by atoms with Gasteiger partial charge in [-0.1, -0.05) is 30.3 Å². The molecule has 0 aliphatic carbocycles. The molecule has 1 saturated heterocycles. The number of likely N-dealkylation sites (tertiary alicyclic amines) is 1. The average molecular weight is 360 g/mol. The van der Waals surface area contributed by atoms with E-state index in [9.17, 15) is 0 Å². The van der Waals surface area contributed by atoms with Gasteiger partial charge >= 0.3 is 0 Å². The number of nitrogens with zero attached hydrogens (tertiary/aromatic N) is 5. The summed E-state index contributed by atoms with van der Waals surface area (Å²) in [5.41, 5.74) is 2.49. The van der Waals surface area contributed by atoms with Crippen molar-refractivity contribution in [3.63, 3.8) is 0 Å². The van der Waals surface area contributed by atoms with Crippen LogP contribution in [-0.2, 0) is 6.42 Å². The number of hydrogen-bond donors (Lipinski definition) is 1. The van der Waals surface area contributed by atoms with Crippen molar-refractivity contribution < 1.29 is 0 Å². The van der Waals surface area contributed by atoms with E-state index in [1.54, 1.807) is 18.6 Å². The minimum absolute atomic E-state index is 0.367. The molecule has 1 N–H and O–H groups in total. The zero-order chi connectivity index (χ0) is 18.3. The smallest absolute Gasteiger partial charge is 0.228 e. The van der Waals surface area contributed by atoms with Gasteiger partial charge in [-0.15, -0.1) is 0 Å². The predicted molar refractivity (Wildman–Crippen MR) is 106 cm³/mol. The Bertz CT molecular complexity index is 840. The molecule has 3 aromatic rings. The van der Waals surface area contributed by atoms with E-state index < -0.39 is 0 Å². The summed E-state index contributed by atoms with van der Waals surface area (Å²) in [6.45, 7) is 2.23. The van der Waals surface area contributed by atoms with Gasteiger partial charge in [0.05, 0.1) is 17.9 Å². The normalized spacial score (nSPS) is 17.1. The highest BCUT2D eigenvalue weighted by atomic mass is 15.2. The highest BCUT2D eigenvalue weighted by molar-refractivity contribution is 5.45. The van der Waals surface area contributed by atoms with Crippen LogP contribution in [0.2, 0.25) is 0 Å². The van der Waals surface area contributed by atoms with Crippen molar-refractivity contribution >= 4 is 11.8 Å². The summed E-state index contributed by atoms with van der Waals surface area (Å²) in [6.07, 6.45) is 11.4. The third-order valence-electron chi connectivity index (χ3n) is 4.94. The second-order valence-electron chi connectivity index (χ2n) is 6.80. The number of hydrogen-bond acceptors (Lipinski definition) is 6. The zero-order valence-electron chi connectivity index (χ0n) is 15.3. The first kappa shape index (κ1) is 17.5. The van der Waals surface area contributed by atoms with Gasteiger partial charge in [0.2, 0.25) is 5.95 Å². The Kier molecular flexibility index (Phi) is 5.64. The van der Waals surface area contributed by atoms with Crippen LogP contribution in [0.3, 0.4) is 0 Å². The number of aryl methyl sites for hydroxylation is 1. The molecule has 1 fully saturated rings. The number of anilines is 2. The Morgan fingerprint density at radius 1 is 1.04 bits per heavy atom. The molecule has 1 aliphatic rings. The Morgan fingerprint density at radius 2 is 1.96 bits per heavy atom. The molecule has 1 atom stereocenters. The maximum absolute atomic E-state index is 4.73. The fourth-order valence-corrected chi connectivity index (χ4v) is 3.66. The SMILES string of the molecule is c1ccc(CCCN2CCC[C@H]2c2ccnc(Nc3cnccn3)n2)cc1. The lowest BCUT2D eigenvalue weighted by Gasteiger charge is -2.24. The maximum Gasteiger partial charge on any atom is 0.228 e. The Morgan fingerprint density at radius 3 is 2.81 bits per heavy atom. The van der Waals surface area contributed by atoms with Crippen molar-refractivity contribution in [1.82, 2.24) is 24.8 Å². The van der Waals surface area contributed by atoms with Gasteiger partial charge in [0, 0.05) is 18.6 Å². The molecule has 138 valence electrons. The van der Waals surface area contributed by atoms with Crippen molar-refractivity contribution in [1.29, 1.82) is 0 Å². The van der Waals surface area contributed by atoms with E-state index >= 15 is 0 Å². The summed E-state index contributed by atoms with van der Waals surface area (Å²) in [7, 11) is 0. The first-order chi connectivity index (χ1) is 13.4. The van der Waals surface area contributed by atoms with E-state index in [4.69, 9.17) is 4.98 Å². The van der Waals surface area contributed by atoms with E-state index in [0.29, 0.717) is 17.8 Å². The Hall–Kier alpha value is -2.86. The topological polar surface area (TPSA) is 66.8 Å². The molecule has 6 nitrogen and oxygen atoms in total. The van der Waals surface area contributed by atoms with Crippen LogP contribution in [0, 0.1) is 0 Å². The highest BCUT2D eigenvalue weighted by Gasteiger charge is 2.26. The van der Waals surface area contributed by atoms with Crippen LogP contribution >= 0.6 is 0 Å². The number of benzene rings is 1. The summed E-state index contributed by atoms with van der Waals surface area (Å²) < 4.78 is 0. The predicted octanol–water partition coefficient (Wildman–Crippen LogP) is 3.78.